The van der Waals surface area contributed by atoms with Gasteiger partial charge in [-0.2, -0.15) is 9.78 Å². The van der Waals surface area contributed by atoms with E-state index in [1.807, 2.05) is 60.8 Å². The fourth-order valence-electron chi connectivity index (χ4n) is 3.16. The molecular weight excluding hydrogens is 412 g/mol. The van der Waals surface area contributed by atoms with Gasteiger partial charge in [0.15, 0.2) is 12.4 Å². The number of furan rings is 1. The molecule has 7 nitrogen and oxygen atoms in total. The lowest BCUT2D eigenvalue weighted by atomic mass is 10.2. The van der Waals surface area contributed by atoms with Crippen LogP contribution < -0.4 is 10.1 Å². The van der Waals surface area contributed by atoms with Crippen molar-refractivity contribution in [3.63, 3.8) is 0 Å². The van der Waals surface area contributed by atoms with Crippen LogP contribution >= 0.6 is 11.3 Å². The zero-order valence-electron chi connectivity index (χ0n) is 16.6. The number of hydrogen-bond acceptors (Lipinski definition) is 6. The number of carbonyl (C=O) groups excluding carboxylic acids is 1. The van der Waals surface area contributed by atoms with Crippen LogP contribution in [0.5, 0.6) is 5.75 Å². The third-order valence-electron chi connectivity index (χ3n) is 4.56. The molecule has 0 bridgehead atoms. The van der Waals surface area contributed by atoms with Gasteiger partial charge in [0, 0.05) is 16.8 Å². The average Bonchev–Trinajstić information content (AvgIpc) is 3.50. The summed E-state index contributed by atoms with van der Waals surface area (Å²) in [7, 11) is 0. The minimum Gasteiger partial charge on any atom is -0.484 e. The third-order valence-corrected chi connectivity index (χ3v) is 5.38. The molecule has 1 N–H and O–H groups in total. The molecule has 2 aromatic carbocycles. The Labute approximate surface area is 181 Å². The van der Waals surface area contributed by atoms with Crippen LogP contribution in [-0.2, 0) is 4.79 Å². The van der Waals surface area contributed by atoms with Crippen molar-refractivity contribution in [2.75, 3.05) is 11.9 Å². The molecule has 0 fully saturated rings. The van der Waals surface area contributed by atoms with Crippen molar-refractivity contribution >= 4 is 34.0 Å². The Balaban J connectivity index is 1.35. The highest BCUT2D eigenvalue weighted by Crippen LogP contribution is 2.30. The molecule has 0 spiro atoms. The molecule has 0 radical (unpaired) electrons. The van der Waals surface area contributed by atoms with E-state index < -0.39 is 0 Å². The predicted octanol–water partition coefficient (Wildman–Crippen LogP) is 5.07. The van der Waals surface area contributed by atoms with Gasteiger partial charge >= 0.3 is 0 Å². The normalized spacial score (nSPS) is 11.0. The summed E-state index contributed by atoms with van der Waals surface area (Å²) < 4.78 is 13.0. The van der Waals surface area contributed by atoms with Crippen molar-refractivity contribution in [2.24, 2.45) is 0 Å². The highest BCUT2D eigenvalue weighted by atomic mass is 32.1. The molecule has 0 saturated heterocycles. The van der Waals surface area contributed by atoms with Gasteiger partial charge in [-0.05, 0) is 31.2 Å². The first-order valence-corrected chi connectivity index (χ1v) is 10.5. The van der Waals surface area contributed by atoms with E-state index in [1.165, 1.54) is 11.3 Å². The maximum Gasteiger partial charge on any atom is 0.263 e. The summed E-state index contributed by atoms with van der Waals surface area (Å²) in [6.45, 7) is 1.76. The molecule has 3 heterocycles. The highest BCUT2D eigenvalue weighted by Gasteiger charge is 2.16. The van der Waals surface area contributed by atoms with Gasteiger partial charge < -0.3 is 14.5 Å². The average molecular weight is 430 g/mol. The SMILES string of the molecule is Cc1cc(NC(=O)COc2ccccc2)n(-c2nc(-c3cc4ccccc4o3)cs2)n1. The van der Waals surface area contributed by atoms with Crippen LogP contribution in [0.1, 0.15) is 5.69 Å². The van der Waals surface area contributed by atoms with Crippen molar-refractivity contribution in [1.29, 1.82) is 0 Å². The first-order chi connectivity index (χ1) is 15.2. The minimum absolute atomic E-state index is 0.101. The second kappa shape index (κ2) is 8.08. The Morgan fingerprint density at radius 1 is 1.13 bits per heavy atom. The van der Waals surface area contributed by atoms with Gasteiger partial charge in [-0.25, -0.2) is 4.98 Å². The molecule has 0 unspecified atom stereocenters. The van der Waals surface area contributed by atoms with Crippen LogP contribution in [-0.4, -0.2) is 27.3 Å². The Kier molecular flexibility index (Phi) is 4.97. The number of hydrogen-bond donors (Lipinski definition) is 1. The van der Waals surface area contributed by atoms with Crippen LogP contribution in [0.15, 0.2) is 76.5 Å². The number of nitrogens with zero attached hydrogens (tertiary/aromatic N) is 3. The second-order valence-electron chi connectivity index (χ2n) is 6.90. The Morgan fingerprint density at radius 3 is 2.77 bits per heavy atom. The zero-order valence-corrected chi connectivity index (χ0v) is 17.4. The number of para-hydroxylation sites is 2. The van der Waals surface area contributed by atoms with Gasteiger partial charge in [0.25, 0.3) is 5.91 Å². The van der Waals surface area contributed by atoms with Crippen molar-refractivity contribution in [1.82, 2.24) is 14.8 Å². The van der Waals surface area contributed by atoms with Crippen LogP contribution in [0.3, 0.4) is 0 Å². The van der Waals surface area contributed by atoms with E-state index in [0.29, 0.717) is 28.2 Å². The summed E-state index contributed by atoms with van der Waals surface area (Å²) in [6.07, 6.45) is 0. The highest BCUT2D eigenvalue weighted by molar-refractivity contribution is 7.12. The molecule has 154 valence electrons. The molecule has 3 aromatic heterocycles. The number of aryl methyl sites for hydroxylation is 1. The topological polar surface area (TPSA) is 82.2 Å². The van der Waals surface area contributed by atoms with Gasteiger partial charge in [0.1, 0.15) is 22.8 Å². The summed E-state index contributed by atoms with van der Waals surface area (Å²) in [6, 6.07) is 20.8. The number of ether oxygens (including phenoxy) is 1. The van der Waals surface area contributed by atoms with Crippen molar-refractivity contribution in [2.45, 2.75) is 6.92 Å². The number of thiazole rings is 1. The summed E-state index contributed by atoms with van der Waals surface area (Å²) in [5, 5.41) is 10.9. The minimum atomic E-state index is -0.279. The predicted molar refractivity (Wildman–Crippen MR) is 120 cm³/mol. The van der Waals surface area contributed by atoms with Gasteiger partial charge in [-0.15, -0.1) is 11.3 Å². The molecule has 0 atom stereocenters. The van der Waals surface area contributed by atoms with E-state index in [2.05, 4.69) is 15.4 Å². The van der Waals surface area contributed by atoms with Crippen LogP contribution in [0.4, 0.5) is 5.82 Å². The van der Waals surface area contributed by atoms with Gasteiger partial charge in [-0.1, -0.05) is 36.4 Å². The fraction of sp³-hybridized carbons (Fsp3) is 0.0870. The Bertz CT molecular complexity index is 1320. The number of nitrogens with one attached hydrogen (secondary N) is 1. The van der Waals surface area contributed by atoms with E-state index in [9.17, 15) is 4.79 Å². The van der Waals surface area contributed by atoms with E-state index in [-0.39, 0.29) is 12.5 Å². The quantitative estimate of drug-likeness (QED) is 0.407. The van der Waals surface area contributed by atoms with E-state index in [0.717, 1.165) is 16.7 Å². The monoisotopic (exact) mass is 430 g/mol. The number of benzene rings is 2. The first kappa shape index (κ1) is 19.1. The summed E-state index contributed by atoms with van der Waals surface area (Å²) in [4.78, 5) is 17.1. The molecule has 0 aliphatic heterocycles. The van der Waals surface area contributed by atoms with Crippen molar-refractivity contribution < 1.29 is 13.9 Å². The zero-order chi connectivity index (χ0) is 21.2. The smallest absolute Gasteiger partial charge is 0.263 e. The summed E-state index contributed by atoms with van der Waals surface area (Å²) >= 11 is 1.42. The van der Waals surface area contributed by atoms with Gasteiger partial charge in [-0.3, -0.25) is 4.79 Å². The third kappa shape index (κ3) is 4.06. The maximum atomic E-state index is 12.4. The fourth-order valence-corrected chi connectivity index (χ4v) is 3.94. The molecular formula is C23H18N4O3S. The Morgan fingerprint density at radius 2 is 1.94 bits per heavy atom. The van der Waals surface area contributed by atoms with Crippen LogP contribution in [0.25, 0.3) is 27.6 Å². The van der Waals surface area contributed by atoms with Gasteiger partial charge in [0.2, 0.25) is 5.13 Å². The molecule has 0 saturated carbocycles. The standard InChI is InChI=1S/C23H18N4O3S/c1-15-11-21(25-22(28)13-29-17-8-3-2-4-9-17)27(26-15)23-24-18(14-31-23)20-12-16-7-5-6-10-19(16)30-20/h2-12,14H,13H2,1H3,(H,25,28). The largest absolute Gasteiger partial charge is 0.484 e. The molecule has 5 aromatic rings. The molecule has 31 heavy (non-hydrogen) atoms. The number of anilines is 1. The number of carbonyl (C=O) groups is 1. The number of rotatable bonds is 6. The Hall–Kier alpha value is -3.91. The van der Waals surface area contributed by atoms with E-state index in [4.69, 9.17) is 9.15 Å². The number of aromatic nitrogens is 3. The maximum absolute atomic E-state index is 12.4. The second-order valence-corrected chi connectivity index (χ2v) is 7.73. The van der Waals surface area contributed by atoms with Crippen LogP contribution in [0.2, 0.25) is 0 Å². The van der Waals surface area contributed by atoms with E-state index in [1.54, 1.807) is 22.9 Å². The lowest BCUT2D eigenvalue weighted by Crippen LogP contribution is -2.21. The number of amides is 1. The number of fused-ring (bicyclic) bond motifs is 1. The first-order valence-electron chi connectivity index (χ1n) is 9.65. The lowest BCUT2D eigenvalue weighted by Gasteiger charge is -2.08. The van der Waals surface area contributed by atoms with E-state index >= 15 is 0 Å². The molecule has 0 aliphatic rings. The van der Waals surface area contributed by atoms with Crippen LogP contribution in [0, 0.1) is 6.92 Å². The summed E-state index contributed by atoms with van der Waals surface area (Å²) in [5.74, 6) is 1.58. The molecule has 5 rings (SSSR count). The van der Waals surface area contributed by atoms with Crippen molar-refractivity contribution in [3.8, 4) is 22.3 Å². The van der Waals surface area contributed by atoms with Crippen molar-refractivity contribution in [3.05, 3.63) is 77.8 Å². The molecule has 8 heteroatoms. The molecule has 0 aliphatic carbocycles. The summed E-state index contributed by atoms with van der Waals surface area (Å²) in [5.41, 5.74) is 2.29. The lowest BCUT2D eigenvalue weighted by molar-refractivity contribution is -0.118. The molecule has 1 amide bonds. The van der Waals surface area contributed by atoms with Gasteiger partial charge in [0.05, 0.1) is 5.69 Å².